The van der Waals surface area contributed by atoms with Crippen molar-refractivity contribution in [3.05, 3.63) is 27.5 Å². The lowest BCUT2D eigenvalue weighted by Crippen LogP contribution is -2.07. The highest BCUT2D eigenvalue weighted by Crippen LogP contribution is 2.17. The summed E-state index contributed by atoms with van der Waals surface area (Å²) in [5.41, 5.74) is 1.13. The summed E-state index contributed by atoms with van der Waals surface area (Å²) in [6.45, 7) is 1.76. The van der Waals surface area contributed by atoms with Crippen LogP contribution >= 0.6 is 11.8 Å². The number of nitrogens with zero attached hydrogens (tertiary/aromatic N) is 1. The molecule has 4 heteroatoms. The molecule has 0 aliphatic heterocycles. The van der Waals surface area contributed by atoms with Crippen molar-refractivity contribution < 1.29 is 0 Å². The van der Waals surface area contributed by atoms with E-state index in [1.807, 2.05) is 6.26 Å². The van der Waals surface area contributed by atoms with E-state index >= 15 is 0 Å². The summed E-state index contributed by atoms with van der Waals surface area (Å²) in [5, 5.41) is 9.38. The fourth-order valence-electron chi connectivity index (χ4n) is 0.950. The highest BCUT2D eigenvalue weighted by Gasteiger charge is 2.04. The van der Waals surface area contributed by atoms with E-state index in [0.29, 0.717) is 10.6 Å². The standard InChI is InChI=1S/C8H8N2OS/c1-5-3-7(11)10-8(12-2)6(5)4-9/h3H,1-2H3,(H,10,11). The van der Waals surface area contributed by atoms with Gasteiger partial charge in [-0.2, -0.15) is 5.26 Å². The average molecular weight is 180 g/mol. The number of aryl methyl sites for hydroxylation is 1. The molecule has 0 amide bonds. The number of nitriles is 1. The number of aromatic amines is 1. The number of aromatic nitrogens is 1. The number of hydrogen-bond donors (Lipinski definition) is 1. The van der Waals surface area contributed by atoms with Gasteiger partial charge in [0, 0.05) is 6.07 Å². The van der Waals surface area contributed by atoms with Gasteiger partial charge in [-0.05, 0) is 18.7 Å². The van der Waals surface area contributed by atoms with Crippen molar-refractivity contribution in [2.45, 2.75) is 11.9 Å². The molecule has 0 aliphatic carbocycles. The summed E-state index contributed by atoms with van der Waals surface area (Å²) in [4.78, 5) is 13.6. The maximum atomic E-state index is 11.0. The minimum absolute atomic E-state index is 0.157. The quantitative estimate of drug-likeness (QED) is 0.662. The third-order valence-corrected chi connectivity index (χ3v) is 2.24. The highest BCUT2D eigenvalue weighted by molar-refractivity contribution is 7.98. The van der Waals surface area contributed by atoms with Crippen LogP contribution in [0.15, 0.2) is 15.9 Å². The summed E-state index contributed by atoms with van der Waals surface area (Å²) < 4.78 is 0. The largest absolute Gasteiger partial charge is 0.316 e. The van der Waals surface area contributed by atoms with Crippen LogP contribution in [0.1, 0.15) is 11.1 Å². The van der Waals surface area contributed by atoms with Gasteiger partial charge in [0.25, 0.3) is 0 Å². The number of pyridine rings is 1. The third kappa shape index (κ3) is 1.51. The fourth-order valence-corrected chi connectivity index (χ4v) is 1.56. The number of nitrogens with one attached hydrogen (secondary N) is 1. The smallest absolute Gasteiger partial charge is 0.249 e. The Labute approximate surface area is 74.4 Å². The molecule has 1 N–H and O–H groups in total. The Morgan fingerprint density at radius 1 is 1.67 bits per heavy atom. The van der Waals surface area contributed by atoms with Crippen LogP contribution in [0.4, 0.5) is 0 Å². The first-order chi connectivity index (χ1) is 5.69. The van der Waals surface area contributed by atoms with E-state index in [1.54, 1.807) is 6.92 Å². The molecule has 0 unspecified atom stereocenters. The zero-order valence-corrected chi connectivity index (χ0v) is 7.66. The first-order valence-corrected chi connectivity index (χ1v) is 4.59. The van der Waals surface area contributed by atoms with Crippen LogP contribution in [-0.2, 0) is 0 Å². The third-order valence-electron chi connectivity index (χ3n) is 1.52. The Kier molecular flexibility index (Phi) is 2.56. The number of thioether (sulfide) groups is 1. The first kappa shape index (κ1) is 8.88. The van der Waals surface area contributed by atoms with Gasteiger partial charge in [0.1, 0.15) is 6.07 Å². The Bertz CT molecular complexity index is 389. The van der Waals surface area contributed by atoms with Gasteiger partial charge in [0.05, 0.1) is 10.6 Å². The summed E-state index contributed by atoms with van der Waals surface area (Å²) in [6, 6.07) is 3.48. The molecule has 0 fully saturated rings. The summed E-state index contributed by atoms with van der Waals surface area (Å²) in [6.07, 6.45) is 1.82. The van der Waals surface area contributed by atoms with E-state index in [2.05, 4.69) is 11.1 Å². The molecule has 0 radical (unpaired) electrons. The maximum absolute atomic E-state index is 11.0. The minimum Gasteiger partial charge on any atom is -0.316 e. The van der Waals surface area contributed by atoms with Crippen LogP contribution in [-0.4, -0.2) is 11.2 Å². The molecule has 0 aliphatic rings. The predicted molar refractivity (Wildman–Crippen MR) is 48.3 cm³/mol. The van der Waals surface area contributed by atoms with Gasteiger partial charge in [-0.25, -0.2) is 0 Å². The highest BCUT2D eigenvalue weighted by atomic mass is 32.2. The van der Waals surface area contributed by atoms with Gasteiger partial charge in [0.15, 0.2) is 0 Å². The van der Waals surface area contributed by atoms with Crippen molar-refractivity contribution in [2.24, 2.45) is 0 Å². The molecule has 1 heterocycles. The van der Waals surface area contributed by atoms with Crippen LogP contribution in [0.25, 0.3) is 0 Å². The number of H-pyrrole nitrogens is 1. The predicted octanol–water partition coefficient (Wildman–Crippen LogP) is 1.28. The van der Waals surface area contributed by atoms with Gasteiger partial charge < -0.3 is 4.98 Å². The lowest BCUT2D eigenvalue weighted by molar-refractivity contribution is 1.04. The van der Waals surface area contributed by atoms with Crippen LogP contribution in [0.5, 0.6) is 0 Å². The molecule has 0 saturated heterocycles. The van der Waals surface area contributed by atoms with Crippen LogP contribution in [0.2, 0.25) is 0 Å². The SMILES string of the molecule is CSc1[nH]c(=O)cc(C)c1C#N. The molecule has 0 bridgehead atoms. The molecule has 0 saturated carbocycles. The molecule has 0 spiro atoms. The second kappa shape index (κ2) is 3.46. The van der Waals surface area contributed by atoms with Crippen molar-refractivity contribution in [1.29, 1.82) is 5.26 Å². The fraction of sp³-hybridized carbons (Fsp3) is 0.250. The van der Waals surface area contributed by atoms with E-state index in [0.717, 1.165) is 5.56 Å². The molecule has 1 rings (SSSR count). The van der Waals surface area contributed by atoms with Crippen molar-refractivity contribution in [3.63, 3.8) is 0 Å². The molecule has 62 valence electrons. The Morgan fingerprint density at radius 3 is 2.83 bits per heavy atom. The second-order valence-electron chi connectivity index (χ2n) is 2.34. The Morgan fingerprint density at radius 2 is 2.33 bits per heavy atom. The van der Waals surface area contributed by atoms with E-state index in [4.69, 9.17) is 5.26 Å². The number of hydrogen-bond acceptors (Lipinski definition) is 3. The van der Waals surface area contributed by atoms with E-state index < -0.39 is 0 Å². The minimum atomic E-state index is -0.157. The van der Waals surface area contributed by atoms with Gasteiger partial charge in [-0.1, -0.05) is 0 Å². The molecule has 3 nitrogen and oxygen atoms in total. The lowest BCUT2D eigenvalue weighted by Gasteiger charge is -2.01. The van der Waals surface area contributed by atoms with Gasteiger partial charge in [-0.3, -0.25) is 4.79 Å². The lowest BCUT2D eigenvalue weighted by atomic mass is 10.2. The number of rotatable bonds is 1. The zero-order chi connectivity index (χ0) is 9.14. The summed E-state index contributed by atoms with van der Waals surface area (Å²) in [7, 11) is 0. The maximum Gasteiger partial charge on any atom is 0.249 e. The molecule has 1 aromatic heterocycles. The van der Waals surface area contributed by atoms with Crippen LogP contribution in [0.3, 0.4) is 0 Å². The van der Waals surface area contributed by atoms with Crippen molar-refractivity contribution in [1.82, 2.24) is 4.98 Å². The van der Waals surface area contributed by atoms with Crippen molar-refractivity contribution >= 4 is 11.8 Å². The van der Waals surface area contributed by atoms with Crippen LogP contribution in [0, 0.1) is 18.3 Å². The molecular weight excluding hydrogens is 172 g/mol. The molecule has 1 aromatic rings. The van der Waals surface area contributed by atoms with E-state index in [-0.39, 0.29) is 5.56 Å². The van der Waals surface area contributed by atoms with Crippen molar-refractivity contribution in [2.75, 3.05) is 6.26 Å². The molecule has 12 heavy (non-hydrogen) atoms. The molecule has 0 aromatic carbocycles. The van der Waals surface area contributed by atoms with E-state index in [1.165, 1.54) is 17.8 Å². The monoisotopic (exact) mass is 180 g/mol. The average Bonchev–Trinajstić information content (AvgIpc) is 2.03. The molecule has 0 atom stereocenters. The van der Waals surface area contributed by atoms with Gasteiger partial charge >= 0.3 is 0 Å². The van der Waals surface area contributed by atoms with Gasteiger partial charge in [0.2, 0.25) is 5.56 Å². The van der Waals surface area contributed by atoms with Crippen LogP contribution < -0.4 is 5.56 Å². The summed E-state index contributed by atoms with van der Waals surface area (Å²) in [5.74, 6) is 0. The van der Waals surface area contributed by atoms with Gasteiger partial charge in [-0.15, -0.1) is 11.8 Å². The molecular formula is C8H8N2OS. The second-order valence-corrected chi connectivity index (χ2v) is 3.15. The zero-order valence-electron chi connectivity index (χ0n) is 6.84. The summed E-state index contributed by atoms with van der Waals surface area (Å²) >= 11 is 1.37. The normalized spacial score (nSPS) is 9.42. The van der Waals surface area contributed by atoms with E-state index in [9.17, 15) is 4.79 Å². The first-order valence-electron chi connectivity index (χ1n) is 3.37. The topological polar surface area (TPSA) is 56.6 Å². The van der Waals surface area contributed by atoms with Crippen molar-refractivity contribution in [3.8, 4) is 6.07 Å². The Balaban J connectivity index is 3.47. The Hall–Kier alpha value is -1.21.